The van der Waals surface area contributed by atoms with Crippen LogP contribution in [-0.2, 0) is 9.59 Å². The van der Waals surface area contributed by atoms with E-state index in [1.54, 1.807) is 19.9 Å². The highest BCUT2D eigenvalue weighted by Crippen LogP contribution is 2.17. The van der Waals surface area contributed by atoms with Crippen LogP contribution in [0.3, 0.4) is 0 Å². The number of carbonyl (C=O) groups is 2. The molecule has 0 aliphatic rings. The van der Waals surface area contributed by atoms with Crippen molar-refractivity contribution in [1.82, 2.24) is 4.90 Å². The van der Waals surface area contributed by atoms with Gasteiger partial charge in [-0.2, -0.15) is 0 Å². The van der Waals surface area contributed by atoms with Crippen LogP contribution in [0.4, 0.5) is 0 Å². The van der Waals surface area contributed by atoms with Gasteiger partial charge >= 0.3 is 5.97 Å². The highest BCUT2D eigenvalue weighted by Gasteiger charge is 2.19. The number of carbonyl (C=O) groups excluding carboxylic acids is 1. The Kier molecular flexibility index (Phi) is 6.51. The lowest BCUT2D eigenvalue weighted by molar-refractivity contribution is -0.146. The SMILES string of the molecule is CC(C)N(CC(=O)O)C(=O)CCOc1cccc(Br)c1. The molecule has 0 saturated heterocycles. The van der Waals surface area contributed by atoms with Crippen molar-refractivity contribution in [3.8, 4) is 5.75 Å². The van der Waals surface area contributed by atoms with Crippen molar-refractivity contribution in [3.05, 3.63) is 28.7 Å². The average Bonchev–Trinajstić information content (AvgIpc) is 2.35. The van der Waals surface area contributed by atoms with Gasteiger partial charge in [0.15, 0.2) is 0 Å². The molecular weight excluding hydrogens is 326 g/mol. The molecule has 0 fully saturated rings. The molecule has 0 atom stereocenters. The van der Waals surface area contributed by atoms with E-state index >= 15 is 0 Å². The van der Waals surface area contributed by atoms with Gasteiger partial charge in [-0.1, -0.05) is 22.0 Å². The van der Waals surface area contributed by atoms with Crippen molar-refractivity contribution in [2.45, 2.75) is 26.3 Å². The zero-order valence-corrected chi connectivity index (χ0v) is 13.1. The molecule has 1 aromatic carbocycles. The molecule has 0 aliphatic carbocycles. The minimum Gasteiger partial charge on any atom is -0.493 e. The van der Waals surface area contributed by atoms with Crippen molar-refractivity contribution in [1.29, 1.82) is 0 Å². The zero-order chi connectivity index (χ0) is 15.1. The summed E-state index contributed by atoms with van der Waals surface area (Å²) in [4.78, 5) is 24.0. The average molecular weight is 344 g/mol. The van der Waals surface area contributed by atoms with Crippen LogP contribution in [0.5, 0.6) is 5.75 Å². The van der Waals surface area contributed by atoms with Gasteiger partial charge < -0.3 is 14.7 Å². The number of rotatable bonds is 7. The summed E-state index contributed by atoms with van der Waals surface area (Å²) in [7, 11) is 0. The summed E-state index contributed by atoms with van der Waals surface area (Å²) in [5, 5.41) is 8.79. The van der Waals surface area contributed by atoms with Crippen molar-refractivity contribution < 1.29 is 19.4 Å². The van der Waals surface area contributed by atoms with Crippen LogP contribution in [0.15, 0.2) is 28.7 Å². The monoisotopic (exact) mass is 343 g/mol. The molecule has 1 N–H and O–H groups in total. The summed E-state index contributed by atoms with van der Waals surface area (Å²) < 4.78 is 6.37. The number of carboxylic acid groups (broad SMARTS) is 1. The zero-order valence-electron chi connectivity index (χ0n) is 11.5. The van der Waals surface area contributed by atoms with Crippen molar-refractivity contribution in [2.75, 3.05) is 13.2 Å². The summed E-state index contributed by atoms with van der Waals surface area (Å²) in [5.74, 6) is -0.570. The molecule has 110 valence electrons. The molecule has 1 aromatic rings. The molecule has 0 heterocycles. The summed E-state index contributed by atoms with van der Waals surface area (Å²) in [6, 6.07) is 7.18. The maximum absolute atomic E-state index is 12.0. The second-order valence-electron chi connectivity index (χ2n) is 4.56. The van der Waals surface area contributed by atoms with Gasteiger partial charge in [-0.05, 0) is 32.0 Å². The van der Waals surface area contributed by atoms with E-state index in [9.17, 15) is 9.59 Å². The van der Waals surface area contributed by atoms with Gasteiger partial charge in [-0.25, -0.2) is 0 Å². The first-order valence-electron chi connectivity index (χ1n) is 6.29. The number of amides is 1. The van der Waals surface area contributed by atoms with Crippen LogP contribution in [0.1, 0.15) is 20.3 Å². The van der Waals surface area contributed by atoms with Crippen LogP contribution >= 0.6 is 15.9 Å². The number of hydrogen-bond acceptors (Lipinski definition) is 3. The van der Waals surface area contributed by atoms with Crippen molar-refractivity contribution in [2.24, 2.45) is 0 Å². The highest BCUT2D eigenvalue weighted by atomic mass is 79.9. The van der Waals surface area contributed by atoms with E-state index in [2.05, 4.69) is 15.9 Å². The number of nitrogens with zero attached hydrogens (tertiary/aromatic N) is 1. The predicted molar refractivity (Wildman–Crippen MR) is 78.7 cm³/mol. The molecule has 0 saturated carbocycles. The molecule has 20 heavy (non-hydrogen) atoms. The Balaban J connectivity index is 2.47. The maximum Gasteiger partial charge on any atom is 0.323 e. The first kappa shape index (κ1) is 16.5. The summed E-state index contributed by atoms with van der Waals surface area (Å²) >= 11 is 3.33. The summed E-state index contributed by atoms with van der Waals surface area (Å²) in [6.07, 6.45) is 0.151. The number of ether oxygens (including phenoxy) is 1. The van der Waals surface area contributed by atoms with Gasteiger partial charge in [0, 0.05) is 10.5 Å². The standard InChI is InChI=1S/C14H18BrNO4/c1-10(2)16(9-14(18)19)13(17)6-7-20-12-5-3-4-11(15)8-12/h3-5,8,10H,6-7,9H2,1-2H3,(H,18,19). The van der Waals surface area contributed by atoms with Gasteiger partial charge in [0.1, 0.15) is 12.3 Å². The van der Waals surface area contributed by atoms with E-state index in [0.717, 1.165) is 4.47 Å². The normalized spacial score (nSPS) is 10.4. The Morgan fingerprint density at radius 3 is 2.65 bits per heavy atom. The number of hydrogen-bond donors (Lipinski definition) is 1. The van der Waals surface area contributed by atoms with Gasteiger partial charge in [0.25, 0.3) is 0 Å². The second-order valence-corrected chi connectivity index (χ2v) is 5.48. The fourth-order valence-electron chi connectivity index (χ4n) is 1.66. The molecule has 0 aromatic heterocycles. The fraction of sp³-hybridized carbons (Fsp3) is 0.429. The van der Waals surface area contributed by atoms with Gasteiger partial charge in [0.2, 0.25) is 5.91 Å². The Bertz CT molecular complexity index is 476. The maximum atomic E-state index is 12.0. The minimum absolute atomic E-state index is 0.149. The molecule has 0 radical (unpaired) electrons. The largest absolute Gasteiger partial charge is 0.493 e. The quantitative estimate of drug-likeness (QED) is 0.826. The molecular formula is C14H18BrNO4. The number of carboxylic acids is 1. The van der Waals surface area contributed by atoms with E-state index < -0.39 is 5.97 Å². The summed E-state index contributed by atoms with van der Waals surface area (Å²) in [5.41, 5.74) is 0. The molecule has 0 unspecified atom stereocenters. The van der Waals surface area contributed by atoms with Crippen LogP contribution in [-0.4, -0.2) is 41.1 Å². The lowest BCUT2D eigenvalue weighted by Crippen LogP contribution is -2.41. The Hall–Kier alpha value is -1.56. The predicted octanol–water partition coefficient (Wildman–Crippen LogP) is 2.54. The first-order valence-corrected chi connectivity index (χ1v) is 7.09. The smallest absolute Gasteiger partial charge is 0.323 e. The Morgan fingerprint density at radius 2 is 2.10 bits per heavy atom. The number of halogens is 1. The van der Waals surface area contributed by atoms with Gasteiger partial charge in [0.05, 0.1) is 13.0 Å². The van der Waals surface area contributed by atoms with Gasteiger partial charge in [-0.3, -0.25) is 9.59 Å². The van der Waals surface area contributed by atoms with E-state index in [1.165, 1.54) is 4.90 Å². The fourth-order valence-corrected chi connectivity index (χ4v) is 2.04. The lowest BCUT2D eigenvalue weighted by Gasteiger charge is -2.24. The second kappa shape index (κ2) is 7.89. The first-order chi connectivity index (χ1) is 9.40. The van der Waals surface area contributed by atoms with Crippen LogP contribution in [0, 0.1) is 0 Å². The molecule has 0 aliphatic heterocycles. The van der Waals surface area contributed by atoms with E-state index in [0.29, 0.717) is 5.75 Å². The van der Waals surface area contributed by atoms with E-state index in [4.69, 9.17) is 9.84 Å². The molecule has 1 amide bonds. The third-order valence-corrected chi connectivity index (χ3v) is 3.12. The topological polar surface area (TPSA) is 66.8 Å². The van der Waals surface area contributed by atoms with E-state index in [1.807, 2.05) is 18.2 Å². The third-order valence-electron chi connectivity index (χ3n) is 2.63. The van der Waals surface area contributed by atoms with Crippen LogP contribution in [0.25, 0.3) is 0 Å². The van der Waals surface area contributed by atoms with Crippen molar-refractivity contribution in [3.63, 3.8) is 0 Å². The molecule has 6 heteroatoms. The molecule has 5 nitrogen and oxygen atoms in total. The minimum atomic E-state index is -1.01. The number of benzene rings is 1. The Labute approximate surface area is 126 Å². The van der Waals surface area contributed by atoms with Crippen molar-refractivity contribution >= 4 is 27.8 Å². The third kappa shape index (κ3) is 5.61. The highest BCUT2D eigenvalue weighted by molar-refractivity contribution is 9.10. The van der Waals surface area contributed by atoms with Crippen LogP contribution in [0.2, 0.25) is 0 Å². The van der Waals surface area contributed by atoms with Gasteiger partial charge in [-0.15, -0.1) is 0 Å². The Morgan fingerprint density at radius 1 is 1.40 bits per heavy atom. The molecule has 0 spiro atoms. The van der Waals surface area contributed by atoms with Crippen LogP contribution < -0.4 is 4.74 Å². The molecule has 1 rings (SSSR count). The number of aliphatic carboxylic acids is 1. The molecule has 0 bridgehead atoms. The van der Waals surface area contributed by atoms with E-state index in [-0.39, 0.29) is 31.5 Å². The lowest BCUT2D eigenvalue weighted by atomic mass is 10.2. The summed E-state index contributed by atoms with van der Waals surface area (Å²) in [6.45, 7) is 3.51.